The van der Waals surface area contributed by atoms with Gasteiger partial charge in [-0.15, -0.1) is 0 Å². The summed E-state index contributed by atoms with van der Waals surface area (Å²) in [6, 6.07) is 11.6. The first kappa shape index (κ1) is 21.0. The molecule has 0 radical (unpaired) electrons. The smallest absolute Gasteiger partial charge is 0.416 e. The van der Waals surface area contributed by atoms with Crippen LogP contribution in [0.2, 0.25) is 0 Å². The van der Waals surface area contributed by atoms with Crippen LogP contribution in [-0.2, 0) is 15.8 Å². The van der Waals surface area contributed by atoms with Crippen molar-refractivity contribution in [1.82, 2.24) is 4.90 Å². The molecule has 0 spiro atoms. The third-order valence-corrected chi connectivity index (χ3v) is 5.77. The molecular weight excluding hydrogens is 411 g/mol. The summed E-state index contributed by atoms with van der Waals surface area (Å²) in [7, 11) is 0. The van der Waals surface area contributed by atoms with Crippen molar-refractivity contribution in [3.8, 4) is 5.75 Å². The van der Waals surface area contributed by atoms with Gasteiger partial charge in [0.25, 0.3) is 0 Å². The van der Waals surface area contributed by atoms with Gasteiger partial charge in [0.15, 0.2) is 0 Å². The maximum atomic E-state index is 13.0. The Hall–Kier alpha value is -3.23. The zero-order chi connectivity index (χ0) is 22.2. The van der Waals surface area contributed by atoms with Crippen molar-refractivity contribution in [2.45, 2.75) is 12.6 Å². The number of carbonyl (C=O) groups is 2. The molecule has 31 heavy (non-hydrogen) atoms. The van der Waals surface area contributed by atoms with Crippen LogP contribution >= 0.6 is 0 Å². The molecule has 2 aliphatic heterocycles. The van der Waals surface area contributed by atoms with Crippen LogP contribution in [0.4, 0.5) is 24.5 Å². The van der Waals surface area contributed by atoms with Crippen LogP contribution < -0.4 is 9.80 Å². The van der Waals surface area contributed by atoms with Crippen molar-refractivity contribution in [1.29, 1.82) is 0 Å². The van der Waals surface area contributed by atoms with Gasteiger partial charge in [-0.25, -0.2) is 0 Å². The molecule has 2 aliphatic rings. The molecule has 9 heteroatoms. The number of amides is 2. The van der Waals surface area contributed by atoms with Gasteiger partial charge in [-0.3, -0.25) is 9.59 Å². The summed E-state index contributed by atoms with van der Waals surface area (Å²) in [6.45, 7) is 2.05. The molecule has 2 heterocycles. The van der Waals surface area contributed by atoms with Crippen LogP contribution in [-0.4, -0.2) is 54.5 Å². The molecule has 4 rings (SSSR count). The largest absolute Gasteiger partial charge is 0.506 e. The Morgan fingerprint density at radius 1 is 1.00 bits per heavy atom. The molecule has 2 aromatic carbocycles. The van der Waals surface area contributed by atoms with E-state index in [1.54, 1.807) is 17.0 Å². The first-order valence-electron chi connectivity index (χ1n) is 10.0. The maximum Gasteiger partial charge on any atom is 0.416 e. The maximum absolute atomic E-state index is 13.0. The lowest BCUT2D eigenvalue weighted by Gasteiger charge is -2.37. The van der Waals surface area contributed by atoms with Gasteiger partial charge in [0.05, 0.1) is 17.2 Å². The summed E-state index contributed by atoms with van der Waals surface area (Å²) in [6.07, 6.45) is -4.52. The average molecular weight is 433 g/mol. The zero-order valence-electron chi connectivity index (χ0n) is 16.7. The molecule has 164 valence electrons. The van der Waals surface area contributed by atoms with E-state index in [4.69, 9.17) is 0 Å². The quantitative estimate of drug-likeness (QED) is 0.808. The number of aromatic hydroxyl groups is 1. The average Bonchev–Trinajstić information content (AvgIpc) is 3.15. The Labute approximate surface area is 177 Å². The van der Waals surface area contributed by atoms with E-state index in [2.05, 4.69) is 0 Å². The van der Waals surface area contributed by atoms with E-state index >= 15 is 0 Å². The number of benzene rings is 2. The highest BCUT2D eigenvalue weighted by molar-refractivity contribution is 6.00. The molecule has 0 aromatic heterocycles. The van der Waals surface area contributed by atoms with Gasteiger partial charge >= 0.3 is 6.18 Å². The first-order valence-corrected chi connectivity index (χ1v) is 10.0. The van der Waals surface area contributed by atoms with Crippen LogP contribution in [0.25, 0.3) is 0 Å². The number of rotatable bonds is 3. The van der Waals surface area contributed by atoms with Crippen LogP contribution in [0.1, 0.15) is 12.0 Å². The highest BCUT2D eigenvalue weighted by Crippen LogP contribution is 2.34. The van der Waals surface area contributed by atoms with Gasteiger partial charge in [-0.2, -0.15) is 13.2 Å². The minimum atomic E-state index is -4.50. The first-order chi connectivity index (χ1) is 14.7. The molecule has 2 fully saturated rings. The highest BCUT2D eigenvalue weighted by atomic mass is 19.4. The molecule has 2 amide bonds. The fraction of sp³-hybridized carbons (Fsp3) is 0.364. The number of alkyl halides is 3. The third-order valence-electron chi connectivity index (χ3n) is 5.77. The van der Waals surface area contributed by atoms with Gasteiger partial charge in [0.1, 0.15) is 5.75 Å². The van der Waals surface area contributed by atoms with Crippen molar-refractivity contribution in [2.75, 3.05) is 42.5 Å². The van der Waals surface area contributed by atoms with Crippen LogP contribution in [0, 0.1) is 5.92 Å². The number of para-hydroxylation sites is 2. The Morgan fingerprint density at radius 3 is 2.39 bits per heavy atom. The van der Waals surface area contributed by atoms with Crippen LogP contribution in [0.15, 0.2) is 48.5 Å². The van der Waals surface area contributed by atoms with Crippen molar-refractivity contribution in [3.05, 3.63) is 54.1 Å². The molecule has 6 nitrogen and oxygen atoms in total. The predicted octanol–water partition coefficient (Wildman–Crippen LogP) is 3.11. The van der Waals surface area contributed by atoms with E-state index in [1.807, 2.05) is 17.0 Å². The summed E-state index contributed by atoms with van der Waals surface area (Å²) in [4.78, 5) is 30.3. The molecule has 1 N–H and O–H groups in total. The van der Waals surface area contributed by atoms with Crippen molar-refractivity contribution in [2.24, 2.45) is 5.92 Å². The number of hydrogen-bond acceptors (Lipinski definition) is 4. The van der Waals surface area contributed by atoms with E-state index in [0.717, 1.165) is 12.1 Å². The van der Waals surface area contributed by atoms with Gasteiger partial charge in [0, 0.05) is 44.8 Å². The molecule has 0 aliphatic carbocycles. The summed E-state index contributed by atoms with van der Waals surface area (Å²) >= 11 is 0. The molecule has 0 unspecified atom stereocenters. The lowest BCUT2D eigenvalue weighted by atomic mass is 10.1. The lowest BCUT2D eigenvalue weighted by molar-refractivity contribution is -0.137. The molecule has 0 bridgehead atoms. The number of halogens is 3. The summed E-state index contributed by atoms with van der Waals surface area (Å²) < 4.78 is 39.0. The van der Waals surface area contributed by atoms with E-state index in [1.165, 1.54) is 17.0 Å². The second kappa shape index (κ2) is 8.13. The standard InChI is InChI=1S/C22H22F3N3O3/c23-22(24,25)16-4-3-5-17(13-16)28-14-15(12-20(28)30)21(31)27-10-8-26(9-11-27)18-6-1-2-7-19(18)29/h1-7,13,15,29H,8-12,14H2/t15-/m0/s1. The fourth-order valence-corrected chi connectivity index (χ4v) is 4.13. The van der Waals surface area contributed by atoms with E-state index in [9.17, 15) is 27.9 Å². The molecule has 1 atom stereocenters. The third kappa shape index (κ3) is 4.30. The lowest BCUT2D eigenvalue weighted by Crippen LogP contribution is -2.50. The van der Waals surface area contributed by atoms with E-state index in [0.29, 0.717) is 31.9 Å². The summed E-state index contributed by atoms with van der Waals surface area (Å²) in [5, 5.41) is 10.0. The van der Waals surface area contributed by atoms with Gasteiger partial charge in [0.2, 0.25) is 11.8 Å². The van der Waals surface area contributed by atoms with Crippen molar-refractivity contribution in [3.63, 3.8) is 0 Å². The number of hydrogen-bond donors (Lipinski definition) is 1. The predicted molar refractivity (Wildman–Crippen MR) is 109 cm³/mol. The number of carbonyl (C=O) groups excluding carboxylic acids is 2. The molecule has 2 aromatic rings. The zero-order valence-corrected chi connectivity index (χ0v) is 16.7. The van der Waals surface area contributed by atoms with Crippen LogP contribution in [0.3, 0.4) is 0 Å². The van der Waals surface area contributed by atoms with E-state index < -0.39 is 17.7 Å². The molecule has 0 saturated carbocycles. The topological polar surface area (TPSA) is 64.1 Å². The van der Waals surface area contributed by atoms with Crippen molar-refractivity contribution < 1.29 is 27.9 Å². The molecule has 2 saturated heterocycles. The summed E-state index contributed by atoms with van der Waals surface area (Å²) in [5.41, 5.74) is 0.0359. The molecular formula is C22H22F3N3O3. The Bertz CT molecular complexity index is 987. The Balaban J connectivity index is 1.40. The minimum Gasteiger partial charge on any atom is -0.506 e. The summed E-state index contributed by atoms with van der Waals surface area (Å²) in [5.74, 6) is -0.926. The fourth-order valence-electron chi connectivity index (χ4n) is 4.13. The van der Waals surface area contributed by atoms with Gasteiger partial charge in [-0.05, 0) is 30.3 Å². The number of phenolic OH excluding ortho intramolecular Hbond substituents is 1. The SMILES string of the molecule is O=C([C@H]1CC(=O)N(c2cccc(C(F)(F)F)c2)C1)N1CCN(c2ccccc2O)CC1. The number of piperazine rings is 1. The van der Waals surface area contributed by atoms with E-state index in [-0.39, 0.29) is 36.2 Å². The number of phenols is 1. The Morgan fingerprint density at radius 2 is 1.71 bits per heavy atom. The highest BCUT2D eigenvalue weighted by Gasteiger charge is 2.39. The normalized spacial score (nSPS) is 19.8. The van der Waals surface area contributed by atoms with Crippen LogP contribution in [0.5, 0.6) is 5.75 Å². The van der Waals surface area contributed by atoms with Crippen molar-refractivity contribution >= 4 is 23.2 Å². The second-order valence-electron chi connectivity index (χ2n) is 7.75. The van der Waals surface area contributed by atoms with Gasteiger partial charge in [-0.1, -0.05) is 18.2 Å². The number of nitrogens with zero attached hydrogens (tertiary/aromatic N) is 3. The minimum absolute atomic E-state index is 0.0191. The Kier molecular flexibility index (Phi) is 5.51. The number of anilines is 2. The second-order valence-corrected chi connectivity index (χ2v) is 7.75. The monoisotopic (exact) mass is 433 g/mol. The van der Waals surface area contributed by atoms with Gasteiger partial charge < -0.3 is 19.8 Å².